The van der Waals surface area contributed by atoms with Gasteiger partial charge in [-0.25, -0.2) is 0 Å². The van der Waals surface area contributed by atoms with Crippen molar-refractivity contribution in [1.29, 1.82) is 0 Å². The second-order valence-corrected chi connectivity index (χ2v) is 6.86. The molecule has 0 amide bonds. The summed E-state index contributed by atoms with van der Waals surface area (Å²) >= 11 is 0. The third-order valence-corrected chi connectivity index (χ3v) is 5.52. The van der Waals surface area contributed by atoms with Gasteiger partial charge in [-0.15, -0.1) is 0 Å². The molecule has 2 heterocycles. The first-order chi connectivity index (χ1) is 10.8. The van der Waals surface area contributed by atoms with Crippen LogP contribution in [0.25, 0.3) is 0 Å². The maximum absolute atomic E-state index is 4.00. The largest absolute Gasteiger partial charge is 0.296 e. The average molecular weight is 291 g/mol. The maximum Gasteiger partial charge on any atom is 0.0701 e. The van der Waals surface area contributed by atoms with Gasteiger partial charge in [-0.1, -0.05) is 81.1 Å². The van der Waals surface area contributed by atoms with Crippen LogP contribution in [0.3, 0.4) is 0 Å². The van der Waals surface area contributed by atoms with Gasteiger partial charge >= 0.3 is 0 Å². The fourth-order valence-electron chi connectivity index (χ4n) is 4.52. The van der Waals surface area contributed by atoms with Gasteiger partial charge in [0.15, 0.2) is 0 Å². The van der Waals surface area contributed by atoms with Crippen molar-refractivity contribution in [3.8, 4) is 0 Å². The number of hydrogen-bond donors (Lipinski definition) is 1. The molecule has 114 valence electrons. The summed E-state index contributed by atoms with van der Waals surface area (Å²) in [6.07, 6.45) is 7.64. The molecule has 0 spiro atoms. The Kier molecular flexibility index (Phi) is 3.54. The van der Waals surface area contributed by atoms with Crippen LogP contribution in [0.4, 0.5) is 0 Å². The molecule has 0 saturated heterocycles. The predicted octanol–water partition coefficient (Wildman–Crippen LogP) is 5.10. The van der Waals surface area contributed by atoms with Crippen molar-refractivity contribution in [3.05, 3.63) is 70.8 Å². The molecule has 0 saturated carbocycles. The standard InChI is InChI=1S/C21H25N/c1-2-3-4-9-14-21-18-12-7-5-10-16(18)15-20(22-21)17-11-6-8-13-19(17)21/h5-8,10-13,20,22H,2-4,9,14-15H2,1H3/t20-,21+/m1/s1. The molecule has 2 aromatic rings. The molecule has 2 aromatic carbocycles. The zero-order valence-electron chi connectivity index (χ0n) is 13.4. The summed E-state index contributed by atoms with van der Waals surface area (Å²) < 4.78 is 0. The fourth-order valence-corrected chi connectivity index (χ4v) is 4.52. The van der Waals surface area contributed by atoms with E-state index in [4.69, 9.17) is 0 Å². The zero-order chi connectivity index (χ0) is 15.0. The highest BCUT2D eigenvalue weighted by Crippen LogP contribution is 2.50. The molecule has 2 aliphatic heterocycles. The summed E-state index contributed by atoms with van der Waals surface area (Å²) in [6, 6.07) is 18.6. The molecule has 2 aliphatic rings. The van der Waals surface area contributed by atoms with Crippen molar-refractivity contribution in [2.24, 2.45) is 0 Å². The van der Waals surface area contributed by atoms with E-state index in [-0.39, 0.29) is 5.54 Å². The molecule has 4 rings (SSSR count). The first-order valence-electron chi connectivity index (χ1n) is 8.80. The van der Waals surface area contributed by atoms with Gasteiger partial charge in [0.2, 0.25) is 0 Å². The topological polar surface area (TPSA) is 12.0 Å². The predicted molar refractivity (Wildman–Crippen MR) is 92.0 cm³/mol. The summed E-state index contributed by atoms with van der Waals surface area (Å²) in [6.45, 7) is 2.29. The molecule has 1 nitrogen and oxygen atoms in total. The van der Waals surface area contributed by atoms with Crippen LogP contribution >= 0.6 is 0 Å². The SMILES string of the molecule is CCCCCC[C@]12N[C@H](Cc3ccccc31)c1ccccc12. The number of hydrogen-bond acceptors (Lipinski definition) is 1. The van der Waals surface area contributed by atoms with Crippen LogP contribution in [-0.2, 0) is 12.0 Å². The number of unbranched alkanes of at least 4 members (excludes halogenated alkanes) is 3. The van der Waals surface area contributed by atoms with Crippen LogP contribution in [-0.4, -0.2) is 0 Å². The van der Waals surface area contributed by atoms with E-state index >= 15 is 0 Å². The minimum absolute atomic E-state index is 0.0594. The van der Waals surface area contributed by atoms with Gasteiger partial charge in [0.25, 0.3) is 0 Å². The number of rotatable bonds is 5. The van der Waals surface area contributed by atoms with Crippen molar-refractivity contribution < 1.29 is 0 Å². The van der Waals surface area contributed by atoms with Crippen LogP contribution < -0.4 is 5.32 Å². The molecule has 2 atom stereocenters. The van der Waals surface area contributed by atoms with Crippen molar-refractivity contribution in [3.63, 3.8) is 0 Å². The van der Waals surface area contributed by atoms with Crippen LogP contribution in [0.15, 0.2) is 48.5 Å². The molecular formula is C21H25N. The monoisotopic (exact) mass is 291 g/mol. The first kappa shape index (κ1) is 14.0. The molecular weight excluding hydrogens is 266 g/mol. The van der Waals surface area contributed by atoms with Crippen LogP contribution in [0.1, 0.15) is 67.3 Å². The number of fused-ring (bicyclic) bond motifs is 7. The molecule has 1 heteroatoms. The maximum atomic E-state index is 4.00. The fraction of sp³-hybridized carbons (Fsp3) is 0.429. The number of nitrogens with one attached hydrogen (secondary N) is 1. The number of benzene rings is 2. The highest BCUT2D eigenvalue weighted by molar-refractivity contribution is 5.54. The van der Waals surface area contributed by atoms with E-state index in [1.807, 2.05) is 0 Å². The summed E-state index contributed by atoms with van der Waals surface area (Å²) in [7, 11) is 0. The molecule has 0 radical (unpaired) electrons. The summed E-state index contributed by atoms with van der Waals surface area (Å²) in [5.74, 6) is 0. The van der Waals surface area contributed by atoms with Crippen molar-refractivity contribution in [2.75, 3.05) is 0 Å². The minimum Gasteiger partial charge on any atom is -0.296 e. The highest BCUT2D eigenvalue weighted by atomic mass is 15.1. The Bertz CT molecular complexity index is 662. The van der Waals surface area contributed by atoms with Crippen LogP contribution in [0.5, 0.6) is 0 Å². The lowest BCUT2D eigenvalue weighted by Crippen LogP contribution is -2.43. The van der Waals surface area contributed by atoms with Gasteiger partial charge in [-0.05, 0) is 35.1 Å². The van der Waals surface area contributed by atoms with E-state index in [1.54, 1.807) is 0 Å². The molecule has 0 fully saturated rings. The Morgan fingerprint density at radius 1 is 0.955 bits per heavy atom. The van der Waals surface area contributed by atoms with Crippen molar-refractivity contribution >= 4 is 0 Å². The Morgan fingerprint density at radius 2 is 1.73 bits per heavy atom. The van der Waals surface area contributed by atoms with Gasteiger partial charge < -0.3 is 0 Å². The quantitative estimate of drug-likeness (QED) is 0.756. The third-order valence-electron chi connectivity index (χ3n) is 5.52. The molecule has 22 heavy (non-hydrogen) atoms. The molecule has 2 bridgehead atoms. The minimum atomic E-state index is 0.0594. The Hall–Kier alpha value is -1.60. The van der Waals surface area contributed by atoms with Gasteiger partial charge in [0.1, 0.15) is 0 Å². The van der Waals surface area contributed by atoms with E-state index in [2.05, 4.69) is 60.8 Å². The van der Waals surface area contributed by atoms with Crippen molar-refractivity contribution in [1.82, 2.24) is 5.32 Å². The van der Waals surface area contributed by atoms with Gasteiger partial charge in [0, 0.05) is 6.04 Å². The average Bonchev–Trinajstić information content (AvgIpc) is 2.83. The second-order valence-electron chi connectivity index (χ2n) is 6.86. The van der Waals surface area contributed by atoms with E-state index in [0.717, 1.165) is 6.42 Å². The van der Waals surface area contributed by atoms with E-state index < -0.39 is 0 Å². The Balaban J connectivity index is 1.77. The molecule has 1 N–H and O–H groups in total. The highest BCUT2D eigenvalue weighted by Gasteiger charge is 2.47. The normalized spacial score (nSPS) is 24.9. The molecule has 0 unspecified atom stereocenters. The second kappa shape index (κ2) is 5.55. The molecule has 0 aliphatic carbocycles. The summed E-state index contributed by atoms with van der Waals surface area (Å²) in [5.41, 5.74) is 6.17. The van der Waals surface area contributed by atoms with Gasteiger partial charge in [-0.3, -0.25) is 5.32 Å². The van der Waals surface area contributed by atoms with E-state index in [1.165, 1.54) is 54.4 Å². The molecule has 0 aromatic heterocycles. The van der Waals surface area contributed by atoms with E-state index in [9.17, 15) is 0 Å². The summed E-state index contributed by atoms with van der Waals surface area (Å²) in [5, 5.41) is 4.00. The van der Waals surface area contributed by atoms with Crippen LogP contribution in [0, 0.1) is 0 Å². The third kappa shape index (κ3) is 2.03. The zero-order valence-corrected chi connectivity index (χ0v) is 13.4. The smallest absolute Gasteiger partial charge is 0.0701 e. The van der Waals surface area contributed by atoms with Crippen LogP contribution in [0.2, 0.25) is 0 Å². The van der Waals surface area contributed by atoms with Gasteiger partial charge in [-0.2, -0.15) is 0 Å². The first-order valence-corrected chi connectivity index (χ1v) is 8.80. The summed E-state index contributed by atoms with van der Waals surface area (Å²) in [4.78, 5) is 0. The lowest BCUT2D eigenvalue weighted by Gasteiger charge is -2.38. The van der Waals surface area contributed by atoms with Gasteiger partial charge in [0.05, 0.1) is 5.54 Å². The van der Waals surface area contributed by atoms with E-state index in [0.29, 0.717) is 6.04 Å². The lowest BCUT2D eigenvalue weighted by molar-refractivity contribution is 0.327. The Labute approximate surface area is 133 Å². The lowest BCUT2D eigenvalue weighted by atomic mass is 9.77. The van der Waals surface area contributed by atoms with Crippen molar-refractivity contribution in [2.45, 2.75) is 57.0 Å². The Morgan fingerprint density at radius 3 is 2.59 bits per heavy atom.